The highest BCUT2D eigenvalue weighted by atomic mass is 16.5. The van der Waals surface area contributed by atoms with Crippen molar-refractivity contribution in [1.82, 2.24) is 10.9 Å². The fourth-order valence-electron chi connectivity index (χ4n) is 1.75. The summed E-state index contributed by atoms with van der Waals surface area (Å²) in [5.74, 6) is -0.209. The third-order valence-corrected chi connectivity index (χ3v) is 3.04. The molecule has 0 saturated heterocycles. The predicted molar refractivity (Wildman–Crippen MR) is 83.3 cm³/mol. The van der Waals surface area contributed by atoms with E-state index in [0.29, 0.717) is 11.3 Å². The number of para-hydroxylation sites is 1. The highest BCUT2D eigenvalue weighted by Crippen LogP contribution is 2.10. The van der Waals surface area contributed by atoms with E-state index in [0.717, 1.165) is 5.56 Å². The Morgan fingerprint density at radius 2 is 1.59 bits per heavy atom. The minimum atomic E-state index is -0.722. The van der Waals surface area contributed by atoms with Gasteiger partial charge in [-0.3, -0.25) is 20.4 Å². The smallest absolute Gasteiger partial charge is 0.279 e. The Balaban J connectivity index is 1.84. The van der Waals surface area contributed by atoms with Crippen molar-refractivity contribution in [3.63, 3.8) is 0 Å². The van der Waals surface area contributed by atoms with E-state index in [-0.39, 0.29) is 5.91 Å². The molecule has 0 aliphatic rings. The fraction of sp³-hybridized carbons (Fsp3) is 0.176. The number of carbonyl (C=O) groups excluding carboxylic acids is 2. The largest absolute Gasteiger partial charge is 0.481 e. The third-order valence-electron chi connectivity index (χ3n) is 3.04. The second kappa shape index (κ2) is 7.26. The highest BCUT2D eigenvalue weighted by Gasteiger charge is 2.15. The Morgan fingerprint density at radius 1 is 0.955 bits per heavy atom. The SMILES string of the molecule is Cc1ccc(C(=O)NNC(=O)[C@H](C)Oc2ccccc2)cc1. The summed E-state index contributed by atoms with van der Waals surface area (Å²) in [5, 5.41) is 0. The number of hydrogen-bond acceptors (Lipinski definition) is 3. The number of carbonyl (C=O) groups is 2. The minimum absolute atomic E-state index is 0.375. The number of benzene rings is 2. The molecule has 2 rings (SSSR count). The molecular weight excluding hydrogens is 280 g/mol. The average molecular weight is 298 g/mol. The molecule has 0 aromatic heterocycles. The van der Waals surface area contributed by atoms with E-state index in [2.05, 4.69) is 10.9 Å². The summed E-state index contributed by atoms with van der Waals surface area (Å²) in [6, 6.07) is 16.1. The van der Waals surface area contributed by atoms with Crippen LogP contribution in [0.4, 0.5) is 0 Å². The quantitative estimate of drug-likeness (QED) is 0.851. The van der Waals surface area contributed by atoms with Crippen molar-refractivity contribution in [2.45, 2.75) is 20.0 Å². The van der Waals surface area contributed by atoms with E-state index in [1.165, 1.54) is 0 Å². The van der Waals surface area contributed by atoms with Crippen LogP contribution in [0.25, 0.3) is 0 Å². The van der Waals surface area contributed by atoms with Crippen LogP contribution in [0.5, 0.6) is 5.75 Å². The molecular formula is C17H18N2O3. The van der Waals surface area contributed by atoms with Crippen LogP contribution in [0.15, 0.2) is 54.6 Å². The summed E-state index contributed by atoms with van der Waals surface area (Å²) in [5.41, 5.74) is 6.25. The Labute approximate surface area is 129 Å². The molecule has 114 valence electrons. The van der Waals surface area contributed by atoms with Crippen LogP contribution in [0.2, 0.25) is 0 Å². The first kappa shape index (κ1) is 15.6. The molecule has 0 radical (unpaired) electrons. The van der Waals surface area contributed by atoms with Gasteiger partial charge in [-0.2, -0.15) is 0 Å². The molecule has 2 aromatic rings. The number of amides is 2. The number of hydrogen-bond donors (Lipinski definition) is 2. The number of nitrogens with one attached hydrogen (secondary N) is 2. The van der Waals surface area contributed by atoms with Crippen molar-refractivity contribution in [1.29, 1.82) is 0 Å². The first-order valence-electron chi connectivity index (χ1n) is 6.95. The predicted octanol–water partition coefficient (Wildman–Crippen LogP) is 2.22. The van der Waals surface area contributed by atoms with Gasteiger partial charge in [0.25, 0.3) is 11.8 Å². The van der Waals surface area contributed by atoms with Crippen LogP contribution >= 0.6 is 0 Å². The first-order chi connectivity index (χ1) is 10.6. The molecule has 2 aromatic carbocycles. The summed E-state index contributed by atoms with van der Waals surface area (Å²) in [7, 11) is 0. The number of ether oxygens (including phenoxy) is 1. The van der Waals surface area contributed by atoms with E-state index in [1.807, 2.05) is 37.3 Å². The van der Waals surface area contributed by atoms with Crippen molar-refractivity contribution in [2.75, 3.05) is 0 Å². The Hall–Kier alpha value is -2.82. The first-order valence-corrected chi connectivity index (χ1v) is 6.95. The maximum atomic E-state index is 11.9. The maximum absolute atomic E-state index is 11.9. The Morgan fingerprint density at radius 3 is 2.23 bits per heavy atom. The van der Waals surface area contributed by atoms with Gasteiger partial charge in [0.2, 0.25) is 0 Å². The van der Waals surface area contributed by atoms with E-state index >= 15 is 0 Å². The Bertz CT molecular complexity index is 639. The normalized spacial score (nSPS) is 11.4. The number of hydrazine groups is 1. The van der Waals surface area contributed by atoms with Gasteiger partial charge in [-0.1, -0.05) is 35.9 Å². The third kappa shape index (κ3) is 4.34. The molecule has 1 atom stereocenters. The molecule has 5 nitrogen and oxygen atoms in total. The van der Waals surface area contributed by atoms with E-state index < -0.39 is 12.0 Å². The molecule has 0 spiro atoms. The minimum Gasteiger partial charge on any atom is -0.481 e. The molecule has 2 N–H and O–H groups in total. The number of rotatable bonds is 4. The molecule has 0 saturated carbocycles. The lowest BCUT2D eigenvalue weighted by molar-refractivity contribution is -0.128. The van der Waals surface area contributed by atoms with E-state index in [1.54, 1.807) is 31.2 Å². The van der Waals surface area contributed by atoms with Crippen LogP contribution in [0.1, 0.15) is 22.8 Å². The molecule has 2 amide bonds. The Kier molecular flexibility index (Phi) is 5.14. The van der Waals surface area contributed by atoms with Crippen LogP contribution < -0.4 is 15.6 Å². The van der Waals surface area contributed by atoms with Crippen molar-refractivity contribution < 1.29 is 14.3 Å². The van der Waals surface area contributed by atoms with Gasteiger partial charge < -0.3 is 4.74 Å². The second-order valence-electron chi connectivity index (χ2n) is 4.88. The zero-order chi connectivity index (χ0) is 15.9. The molecule has 5 heteroatoms. The van der Waals surface area contributed by atoms with Gasteiger partial charge in [0.05, 0.1) is 0 Å². The highest BCUT2D eigenvalue weighted by molar-refractivity contribution is 5.95. The van der Waals surface area contributed by atoms with Gasteiger partial charge >= 0.3 is 0 Å². The summed E-state index contributed by atoms with van der Waals surface area (Å²) in [6.45, 7) is 3.55. The van der Waals surface area contributed by atoms with E-state index in [4.69, 9.17) is 4.74 Å². The standard InChI is InChI=1S/C17H18N2O3/c1-12-8-10-14(11-9-12)17(21)19-18-16(20)13(2)22-15-6-4-3-5-7-15/h3-11,13H,1-2H3,(H,18,20)(H,19,21)/t13-/m0/s1. The summed E-state index contributed by atoms with van der Waals surface area (Å²) >= 11 is 0. The van der Waals surface area contributed by atoms with Gasteiger partial charge in [0.15, 0.2) is 6.10 Å². The zero-order valence-corrected chi connectivity index (χ0v) is 12.5. The number of aryl methyl sites for hydroxylation is 1. The van der Waals surface area contributed by atoms with Crippen molar-refractivity contribution in [3.8, 4) is 5.75 Å². The molecule has 0 bridgehead atoms. The van der Waals surface area contributed by atoms with Crippen LogP contribution in [-0.4, -0.2) is 17.9 Å². The van der Waals surface area contributed by atoms with Crippen molar-refractivity contribution in [2.24, 2.45) is 0 Å². The van der Waals surface area contributed by atoms with Crippen LogP contribution in [0, 0.1) is 6.92 Å². The molecule has 0 aliphatic heterocycles. The van der Waals surface area contributed by atoms with Crippen molar-refractivity contribution in [3.05, 3.63) is 65.7 Å². The molecule has 0 aliphatic carbocycles. The summed E-state index contributed by atoms with van der Waals surface area (Å²) in [4.78, 5) is 23.8. The molecule has 0 unspecified atom stereocenters. The summed E-state index contributed by atoms with van der Waals surface area (Å²) < 4.78 is 5.47. The lowest BCUT2D eigenvalue weighted by Gasteiger charge is -2.15. The zero-order valence-electron chi connectivity index (χ0n) is 12.5. The van der Waals surface area contributed by atoms with Gasteiger partial charge in [-0.15, -0.1) is 0 Å². The average Bonchev–Trinajstić information content (AvgIpc) is 2.53. The maximum Gasteiger partial charge on any atom is 0.279 e. The van der Waals surface area contributed by atoms with Gasteiger partial charge in [-0.05, 0) is 38.1 Å². The summed E-state index contributed by atoms with van der Waals surface area (Å²) in [6.07, 6.45) is -0.722. The van der Waals surface area contributed by atoms with Gasteiger partial charge in [-0.25, -0.2) is 0 Å². The van der Waals surface area contributed by atoms with Crippen molar-refractivity contribution >= 4 is 11.8 Å². The van der Waals surface area contributed by atoms with Gasteiger partial charge in [0.1, 0.15) is 5.75 Å². The lowest BCUT2D eigenvalue weighted by Crippen LogP contribution is -2.47. The second-order valence-corrected chi connectivity index (χ2v) is 4.88. The topological polar surface area (TPSA) is 67.4 Å². The van der Waals surface area contributed by atoms with E-state index in [9.17, 15) is 9.59 Å². The molecule has 0 heterocycles. The molecule has 22 heavy (non-hydrogen) atoms. The van der Waals surface area contributed by atoms with Crippen LogP contribution in [-0.2, 0) is 4.79 Å². The van der Waals surface area contributed by atoms with Crippen LogP contribution in [0.3, 0.4) is 0 Å². The molecule has 0 fully saturated rings. The fourth-order valence-corrected chi connectivity index (χ4v) is 1.75. The van der Waals surface area contributed by atoms with Gasteiger partial charge in [0, 0.05) is 5.56 Å². The lowest BCUT2D eigenvalue weighted by atomic mass is 10.1. The monoisotopic (exact) mass is 298 g/mol.